The van der Waals surface area contributed by atoms with E-state index in [1.807, 2.05) is 0 Å². The van der Waals surface area contributed by atoms with Crippen molar-refractivity contribution in [1.82, 2.24) is 0 Å². The van der Waals surface area contributed by atoms with Gasteiger partial charge in [0.2, 0.25) is 0 Å². The van der Waals surface area contributed by atoms with Crippen molar-refractivity contribution in [2.24, 2.45) is 0 Å². The van der Waals surface area contributed by atoms with Crippen LogP contribution in [0.1, 0.15) is 32.1 Å². The zero-order chi connectivity index (χ0) is 11.7. The number of rotatable bonds is 8. The Kier molecular flexibility index (Phi) is 8.00. The normalized spacial score (nSPS) is 14.7. The molecule has 15 heavy (non-hydrogen) atoms. The summed E-state index contributed by atoms with van der Waals surface area (Å²) in [5.74, 6) is -0.596. The second-order valence-corrected chi connectivity index (χ2v) is 4.11. The fourth-order valence-electron chi connectivity index (χ4n) is 1.30. The summed E-state index contributed by atoms with van der Waals surface area (Å²) < 4.78 is 4.53. The van der Waals surface area contributed by atoms with Crippen LogP contribution in [0.3, 0.4) is 0 Å². The topological polar surface area (TPSA) is 66.8 Å². The molecule has 2 N–H and O–H groups in total. The molecule has 0 rings (SSSR count). The summed E-state index contributed by atoms with van der Waals surface area (Å²) in [7, 11) is 1.27. The summed E-state index contributed by atoms with van der Waals surface area (Å²) in [6.07, 6.45) is 3.71. The molecule has 0 saturated heterocycles. The fraction of sp³-hybridized carbons (Fsp3) is 0.900. The van der Waals surface area contributed by atoms with Crippen LogP contribution < -0.4 is 0 Å². The Bertz CT molecular complexity index is 186. The Labute approximate surface area is 98.8 Å². The van der Waals surface area contributed by atoms with E-state index in [2.05, 4.69) is 20.7 Å². The third-order valence-corrected chi connectivity index (χ3v) is 3.21. The van der Waals surface area contributed by atoms with Crippen molar-refractivity contribution in [3.63, 3.8) is 0 Å². The fourth-order valence-corrected chi connectivity index (χ4v) is 1.81. The highest BCUT2D eigenvalue weighted by molar-refractivity contribution is 9.09. The number of hydrogen-bond acceptors (Lipinski definition) is 4. The number of carbonyl (C=O) groups is 1. The van der Waals surface area contributed by atoms with Gasteiger partial charge in [-0.2, -0.15) is 0 Å². The molecule has 0 aliphatic heterocycles. The number of carbonyl (C=O) groups excluding carboxylic acids is 1. The highest BCUT2D eigenvalue weighted by atomic mass is 79.9. The van der Waals surface area contributed by atoms with Gasteiger partial charge in [-0.15, -0.1) is 0 Å². The van der Waals surface area contributed by atoms with E-state index in [9.17, 15) is 9.90 Å². The SMILES string of the molecule is COC(=O)[C@](O)(CBr)CCCCCCO. The molecule has 0 aromatic carbocycles. The number of methoxy groups -OCH3 is 1. The van der Waals surface area contributed by atoms with Crippen molar-refractivity contribution in [3.05, 3.63) is 0 Å². The molecule has 0 spiro atoms. The number of aliphatic hydroxyl groups excluding tert-OH is 1. The maximum absolute atomic E-state index is 11.2. The monoisotopic (exact) mass is 282 g/mol. The third-order valence-electron chi connectivity index (χ3n) is 2.28. The first kappa shape index (κ1) is 14.9. The molecule has 0 bridgehead atoms. The van der Waals surface area contributed by atoms with E-state index in [1.54, 1.807) is 0 Å². The van der Waals surface area contributed by atoms with Crippen LogP contribution in [0.25, 0.3) is 0 Å². The molecular formula is C10H19BrO4. The summed E-state index contributed by atoms with van der Waals surface area (Å²) in [6.45, 7) is 0.194. The lowest BCUT2D eigenvalue weighted by atomic mass is 9.98. The van der Waals surface area contributed by atoms with E-state index >= 15 is 0 Å². The van der Waals surface area contributed by atoms with Crippen LogP contribution in [0.2, 0.25) is 0 Å². The Morgan fingerprint density at radius 1 is 1.33 bits per heavy atom. The zero-order valence-electron chi connectivity index (χ0n) is 9.04. The molecule has 1 atom stereocenters. The van der Waals surface area contributed by atoms with E-state index < -0.39 is 11.6 Å². The predicted octanol–water partition coefficient (Wildman–Crippen LogP) is 1.23. The summed E-state index contributed by atoms with van der Waals surface area (Å²) >= 11 is 3.11. The highest BCUT2D eigenvalue weighted by Crippen LogP contribution is 2.19. The molecule has 4 nitrogen and oxygen atoms in total. The van der Waals surface area contributed by atoms with Crippen LogP contribution in [0, 0.1) is 0 Å². The number of unbranched alkanes of at least 4 members (excludes halogenated alkanes) is 3. The quantitative estimate of drug-likeness (QED) is 0.399. The lowest BCUT2D eigenvalue weighted by Gasteiger charge is -2.22. The molecule has 90 valence electrons. The second-order valence-electron chi connectivity index (χ2n) is 3.54. The highest BCUT2D eigenvalue weighted by Gasteiger charge is 2.35. The Morgan fingerprint density at radius 3 is 2.40 bits per heavy atom. The number of ether oxygens (including phenoxy) is 1. The van der Waals surface area contributed by atoms with E-state index in [0.29, 0.717) is 6.42 Å². The van der Waals surface area contributed by atoms with Gasteiger partial charge in [-0.05, 0) is 19.3 Å². The predicted molar refractivity (Wildman–Crippen MR) is 60.9 cm³/mol. The number of halogens is 1. The van der Waals surface area contributed by atoms with Gasteiger partial charge >= 0.3 is 5.97 Å². The molecule has 0 aromatic heterocycles. The van der Waals surface area contributed by atoms with Crippen LogP contribution in [0.4, 0.5) is 0 Å². The summed E-state index contributed by atoms with van der Waals surface area (Å²) in [6, 6.07) is 0. The van der Waals surface area contributed by atoms with Crippen LogP contribution in [-0.2, 0) is 9.53 Å². The Balaban J connectivity index is 3.83. The van der Waals surface area contributed by atoms with Crippen LogP contribution in [-0.4, -0.2) is 40.8 Å². The second kappa shape index (κ2) is 8.07. The first-order chi connectivity index (χ1) is 7.10. The number of alkyl halides is 1. The molecule has 0 aromatic rings. The largest absolute Gasteiger partial charge is 0.467 e. The van der Waals surface area contributed by atoms with Crippen molar-refractivity contribution in [3.8, 4) is 0 Å². The minimum Gasteiger partial charge on any atom is -0.467 e. The van der Waals surface area contributed by atoms with Crippen molar-refractivity contribution in [1.29, 1.82) is 0 Å². The minimum atomic E-state index is -1.41. The maximum Gasteiger partial charge on any atom is 0.338 e. The van der Waals surface area contributed by atoms with Gasteiger partial charge in [0.15, 0.2) is 5.60 Å². The first-order valence-electron chi connectivity index (χ1n) is 5.08. The summed E-state index contributed by atoms with van der Waals surface area (Å²) in [4.78, 5) is 11.2. The van der Waals surface area contributed by atoms with Gasteiger partial charge in [-0.3, -0.25) is 0 Å². The van der Waals surface area contributed by atoms with Gasteiger partial charge < -0.3 is 14.9 Å². The molecule has 0 fully saturated rings. The Hall–Kier alpha value is -0.130. The smallest absolute Gasteiger partial charge is 0.338 e. The molecule has 5 heteroatoms. The molecule has 0 saturated carbocycles. The lowest BCUT2D eigenvalue weighted by Crippen LogP contribution is -2.41. The van der Waals surface area contributed by atoms with Crippen molar-refractivity contribution < 1.29 is 19.7 Å². The van der Waals surface area contributed by atoms with Crippen molar-refractivity contribution >= 4 is 21.9 Å². The van der Waals surface area contributed by atoms with Crippen molar-refractivity contribution in [2.45, 2.75) is 37.7 Å². The van der Waals surface area contributed by atoms with Crippen LogP contribution in [0.5, 0.6) is 0 Å². The molecular weight excluding hydrogens is 264 g/mol. The van der Waals surface area contributed by atoms with Gasteiger partial charge in [-0.25, -0.2) is 4.79 Å². The first-order valence-corrected chi connectivity index (χ1v) is 6.20. The van der Waals surface area contributed by atoms with Crippen LogP contribution >= 0.6 is 15.9 Å². The minimum absolute atomic E-state index is 0.187. The van der Waals surface area contributed by atoms with Crippen molar-refractivity contribution in [2.75, 3.05) is 19.0 Å². The van der Waals surface area contributed by atoms with E-state index in [4.69, 9.17) is 5.11 Å². The summed E-state index contributed by atoms with van der Waals surface area (Å²) in [5.41, 5.74) is -1.41. The number of aliphatic hydroxyl groups is 2. The summed E-state index contributed by atoms with van der Waals surface area (Å²) in [5, 5.41) is 18.6. The van der Waals surface area contributed by atoms with Gasteiger partial charge in [0.1, 0.15) is 0 Å². The zero-order valence-corrected chi connectivity index (χ0v) is 10.6. The average Bonchev–Trinajstić information content (AvgIpc) is 2.27. The van der Waals surface area contributed by atoms with Gasteiger partial charge in [0, 0.05) is 11.9 Å². The average molecular weight is 283 g/mol. The van der Waals surface area contributed by atoms with Crippen LogP contribution in [0.15, 0.2) is 0 Å². The van der Waals surface area contributed by atoms with E-state index in [1.165, 1.54) is 7.11 Å². The standard InChI is InChI=1S/C10H19BrO4/c1-15-9(13)10(14,8-11)6-4-2-3-5-7-12/h12,14H,2-8H2,1H3/t10-/m1/s1. The van der Waals surface area contributed by atoms with Gasteiger partial charge in [-0.1, -0.05) is 28.8 Å². The lowest BCUT2D eigenvalue weighted by molar-refractivity contribution is -0.160. The number of esters is 1. The van der Waals surface area contributed by atoms with Gasteiger partial charge in [0.05, 0.1) is 7.11 Å². The van der Waals surface area contributed by atoms with E-state index in [-0.39, 0.29) is 11.9 Å². The maximum atomic E-state index is 11.2. The molecule has 0 aliphatic rings. The van der Waals surface area contributed by atoms with Gasteiger partial charge in [0.25, 0.3) is 0 Å². The molecule has 0 amide bonds. The van der Waals surface area contributed by atoms with E-state index in [0.717, 1.165) is 25.7 Å². The number of hydrogen-bond donors (Lipinski definition) is 2. The molecule has 0 aliphatic carbocycles. The molecule has 0 heterocycles. The third kappa shape index (κ3) is 5.49. The Morgan fingerprint density at radius 2 is 1.93 bits per heavy atom. The molecule has 0 radical (unpaired) electrons. The molecule has 0 unspecified atom stereocenters.